The van der Waals surface area contributed by atoms with Crippen LogP contribution in [0.5, 0.6) is 0 Å². The lowest BCUT2D eigenvalue weighted by Crippen LogP contribution is -2.48. The number of nitrogens with zero attached hydrogens (tertiary/aromatic N) is 1. The Hall–Kier alpha value is -0.380. The number of aliphatic hydroxyl groups excluding tert-OH is 1. The third kappa shape index (κ3) is 5.83. The normalized spacial score (nSPS) is 24.0. The van der Waals surface area contributed by atoms with Crippen LogP contribution in [0.25, 0.3) is 0 Å². The standard InChI is InChI=1S/C21H32BrN3O2.HI/c1-23-19(24-14-20(10-12-26)11-13-27-16-20)25-15-21(8-2-3-9-21)17-4-6-18(22)7-5-17;/h4-7,26H,2-3,8-16H2,1H3,(H2,23,24,25);1H. The molecule has 1 saturated carbocycles. The molecule has 1 aliphatic carbocycles. The van der Waals surface area contributed by atoms with Crippen molar-refractivity contribution in [2.24, 2.45) is 10.4 Å². The van der Waals surface area contributed by atoms with Gasteiger partial charge >= 0.3 is 0 Å². The van der Waals surface area contributed by atoms with Gasteiger partial charge in [0, 0.05) is 48.7 Å². The first-order valence-electron chi connectivity index (χ1n) is 10.0. The van der Waals surface area contributed by atoms with Crippen molar-refractivity contribution in [3.63, 3.8) is 0 Å². The molecular formula is C21H33BrIN3O2. The number of hydrogen-bond donors (Lipinski definition) is 3. The Kier molecular flexibility index (Phi) is 9.50. The maximum atomic E-state index is 9.41. The first-order chi connectivity index (χ1) is 13.1. The quantitative estimate of drug-likeness (QED) is 0.267. The van der Waals surface area contributed by atoms with E-state index in [-0.39, 0.29) is 41.4 Å². The van der Waals surface area contributed by atoms with Gasteiger partial charge in [0.15, 0.2) is 5.96 Å². The predicted molar refractivity (Wildman–Crippen MR) is 129 cm³/mol. The lowest BCUT2D eigenvalue weighted by Gasteiger charge is -2.32. The summed E-state index contributed by atoms with van der Waals surface area (Å²) in [5.41, 5.74) is 1.60. The Morgan fingerprint density at radius 3 is 2.39 bits per heavy atom. The number of rotatable bonds is 7. The van der Waals surface area contributed by atoms with Crippen LogP contribution in [0.15, 0.2) is 33.7 Å². The summed E-state index contributed by atoms with van der Waals surface area (Å²) < 4.78 is 6.71. The van der Waals surface area contributed by atoms with Gasteiger partial charge in [-0.1, -0.05) is 40.9 Å². The molecule has 7 heteroatoms. The fraction of sp³-hybridized carbons (Fsp3) is 0.667. The molecule has 2 aliphatic rings. The number of ether oxygens (including phenoxy) is 1. The van der Waals surface area contributed by atoms with E-state index in [1.807, 2.05) is 7.05 Å². The SMILES string of the molecule is CN=C(NCC1(CCO)CCOC1)NCC1(c2ccc(Br)cc2)CCCC1.I. The zero-order valence-electron chi connectivity index (χ0n) is 16.7. The minimum absolute atomic E-state index is 0. The highest BCUT2D eigenvalue weighted by molar-refractivity contribution is 14.0. The highest BCUT2D eigenvalue weighted by atomic mass is 127. The van der Waals surface area contributed by atoms with Gasteiger partial charge in [0.05, 0.1) is 6.61 Å². The van der Waals surface area contributed by atoms with Crippen LogP contribution in [-0.4, -0.2) is 51.0 Å². The Balaban J connectivity index is 0.00000280. The molecule has 0 spiro atoms. The van der Waals surface area contributed by atoms with Crippen molar-refractivity contribution in [3.05, 3.63) is 34.3 Å². The third-order valence-electron chi connectivity index (χ3n) is 6.29. The highest BCUT2D eigenvalue weighted by Gasteiger charge is 2.37. The van der Waals surface area contributed by atoms with Crippen LogP contribution >= 0.6 is 39.9 Å². The average Bonchev–Trinajstić information content (AvgIpc) is 3.34. The summed E-state index contributed by atoms with van der Waals surface area (Å²) in [4.78, 5) is 4.42. The number of halogens is 2. The Bertz CT molecular complexity index is 627. The molecule has 1 saturated heterocycles. The van der Waals surface area contributed by atoms with Crippen molar-refractivity contribution in [2.45, 2.75) is 43.9 Å². The maximum Gasteiger partial charge on any atom is 0.191 e. The summed E-state index contributed by atoms with van der Waals surface area (Å²) in [5, 5.41) is 16.5. The van der Waals surface area contributed by atoms with Crippen molar-refractivity contribution in [1.82, 2.24) is 10.6 Å². The molecule has 1 aromatic carbocycles. The summed E-state index contributed by atoms with van der Waals surface area (Å²) in [6, 6.07) is 8.78. The van der Waals surface area contributed by atoms with Gasteiger partial charge in [-0.3, -0.25) is 4.99 Å². The molecule has 1 unspecified atom stereocenters. The third-order valence-corrected chi connectivity index (χ3v) is 6.82. The molecule has 1 aliphatic heterocycles. The molecule has 1 aromatic rings. The summed E-state index contributed by atoms with van der Waals surface area (Å²) in [6.45, 7) is 3.35. The maximum absolute atomic E-state index is 9.41. The van der Waals surface area contributed by atoms with Crippen LogP contribution in [0.2, 0.25) is 0 Å². The van der Waals surface area contributed by atoms with Crippen molar-refractivity contribution in [3.8, 4) is 0 Å². The summed E-state index contributed by atoms with van der Waals surface area (Å²) in [6.07, 6.45) is 6.73. The molecule has 158 valence electrons. The topological polar surface area (TPSA) is 65.9 Å². The average molecular weight is 566 g/mol. The van der Waals surface area contributed by atoms with Crippen molar-refractivity contribution in [2.75, 3.05) is 40.0 Å². The predicted octanol–water partition coefficient (Wildman–Crippen LogP) is 3.83. The van der Waals surface area contributed by atoms with Gasteiger partial charge in [-0.25, -0.2) is 0 Å². The second kappa shape index (κ2) is 11.1. The zero-order chi connectivity index (χ0) is 19.2. The molecule has 28 heavy (non-hydrogen) atoms. The minimum atomic E-state index is 0. The number of nitrogens with one attached hydrogen (secondary N) is 2. The van der Waals surface area contributed by atoms with E-state index in [0.717, 1.165) is 43.0 Å². The fourth-order valence-electron chi connectivity index (χ4n) is 4.48. The summed E-state index contributed by atoms with van der Waals surface area (Å²) in [5.74, 6) is 0.836. The number of benzene rings is 1. The highest BCUT2D eigenvalue weighted by Crippen LogP contribution is 2.41. The van der Waals surface area contributed by atoms with E-state index in [1.54, 1.807) is 0 Å². The van der Waals surface area contributed by atoms with E-state index in [2.05, 4.69) is 55.8 Å². The van der Waals surface area contributed by atoms with Crippen molar-refractivity contribution in [1.29, 1.82) is 0 Å². The van der Waals surface area contributed by atoms with Gasteiger partial charge in [0.25, 0.3) is 0 Å². The zero-order valence-corrected chi connectivity index (χ0v) is 20.6. The van der Waals surface area contributed by atoms with E-state index in [4.69, 9.17) is 4.74 Å². The van der Waals surface area contributed by atoms with Crippen LogP contribution in [0.1, 0.15) is 44.1 Å². The van der Waals surface area contributed by atoms with E-state index in [0.29, 0.717) is 6.61 Å². The van der Waals surface area contributed by atoms with E-state index in [9.17, 15) is 5.11 Å². The Labute approximate surface area is 194 Å². The smallest absolute Gasteiger partial charge is 0.191 e. The second-order valence-corrected chi connectivity index (χ2v) is 8.97. The van der Waals surface area contributed by atoms with Gasteiger partial charge in [0.1, 0.15) is 0 Å². The first-order valence-corrected chi connectivity index (χ1v) is 10.8. The lowest BCUT2D eigenvalue weighted by molar-refractivity contribution is 0.127. The molecule has 0 radical (unpaired) electrons. The summed E-state index contributed by atoms with van der Waals surface area (Å²) in [7, 11) is 1.82. The van der Waals surface area contributed by atoms with E-state index >= 15 is 0 Å². The fourth-order valence-corrected chi connectivity index (χ4v) is 4.74. The molecule has 1 heterocycles. The first kappa shape index (κ1) is 23.9. The molecule has 0 amide bonds. The Morgan fingerprint density at radius 2 is 1.82 bits per heavy atom. The molecule has 2 fully saturated rings. The van der Waals surface area contributed by atoms with Gasteiger partial charge in [0.2, 0.25) is 0 Å². The van der Waals surface area contributed by atoms with Crippen LogP contribution in [-0.2, 0) is 10.2 Å². The lowest BCUT2D eigenvalue weighted by atomic mass is 9.79. The molecule has 3 N–H and O–H groups in total. The molecule has 3 rings (SSSR count). The minimum Gasteiger partial charge on any atom is -0.396 e. The molecular weight excluding hydrogens is 533 g/mol. The van der Waals surface area contributed by atoms with Crippen molar-refractivity contribution < 1.29 is 9.84 Å². The molecule has 5 nitrogen and oxygen atoms in total. The van der Waals surface area contributed by atoms with Crippen LogP contribution in [0.4, 0.5) is 0 Å². The van der Waals surface area contributed by atoms with Crippen LogP contribution in [0, 0.1) is 5.41 Å². The second-order valence-electron chi connectivity index (χ2n) is 8.05. The van der Waals surface area contributed by atoms with E-state index < -0.39 is 0 Å². The molecule has 0 aromatic heterocycles. The van der Waals surface area contributed by atoms with Gasteiger partial charge in [-0.15, -0.1) is 24.0 Å². The van der Waals surface area contributed by atoms with Crippen LogP contribution in [0.3, 0.4) is 0 Å². The molecule has 1 atom stereocenters. The summed E-state index contributed by atoms with van der Waals surface area (Å²) >= 11 is 3.54. The van der Waals surface area contributed by atoms with Gasteiger partial charge in [-0.05, 0) is 43.4 Å². The monoisotopic (exact) mass is 565 g/mol. The number of guanidine groups is 1. The van der Waals surface area contributed by atoms with Crippen molar-refractivity contribution >= 4 is 45.9 Å². The Morgan fingerprint density at radius 1 is 1.14 bits per heavy atom. The van der Waals surface area contributed by atoms with Crippen LogP contribution < -0.4 is 10.6 Å². The van der Waals surface area contributed by atoms with Gasteiger partial charge in [-0.2, -0.15) is 0 Å². The number of aliphatic hydroxyl groups is 1. The number of aliphatic imine (C=N–C) groups is 1. The molecule has 0 bridgehead atoms. The largest absolute Gasteiger partial charge is 0.396 e. The van der Waals surface area contributed by atoms with E-state index in [1.165, 1.54) is 31.2 Å². The number of hydrogen-bond acceptors (Lipinski definition) is 3. The van der Waals surface area contributed by atoms with Gasteiger partial charge < -0.3 is 20.5 Å².